The van der Waals surface area contributed by atoms with Gasteiger partial charge in [-0.2, -0.15) is 4.98 Å². The Bertz CT molecular complexity index is 1910. The van der Waals surface area contributed by atoms with Crippen molar-refractivity contribution in [2.45, 2.75) is 68.9 Å². The van der Waals surface area contributed by atoms with Crippen LogP contribution in [0.15, 0.2) is 102 Å². The fourth-order valence-corrected chi connectivity index (χ4v) is 7.29. The Morgan fingerprint density at radius 1 is 1.02 bits per heavy atom. The summed E-state index contributed by atoms with van der Waals surface area (Å²) in [5.74, 6) is 2.39. The van der Waals surface area contributed by atoms with Crippen molar-refractivity contribution in [2.24, 2.45) is 0 Å². The zero-order valence-corrected chi connectivity index (χ0v) is 29.7. The largest absolute Gasteiger partial charge is 0.414 e. The summed E-state index contributed by atoms with van der Waals surface area (Å²) in [6.45, 7) is 10.9. The van der Waals surface area contributed by atoms with E-state index < -0.39 is 37.4 Å². The number of nitrogens with one attached hydrogen (secondary N) is 1. The molecule has 11 heteroatoms. The molecule has 1 aliphatic rings. The number of imidazole rings is 1. The van der Waals surface area contributed by atoms with Gasteiger partial charge in [-0.1, -0.05) is 118 Å². The van der Waals surface area contributed by atoms with Gasteiger partial charge in [-0.15, -0.1) is 6.42 Å². The molecule has 0 bridgehead atoms. The SMILES string of the molecule is C#C[C@]1(F)C[C@@H](CO[Si](C)(C)C(C)(C)C)O[C@H]1n1cnc2c(=O)[nH]c(N(OC)C(c3ccccc3)(c3ccccc3)c3ccccc3)nc21. The molecule has 6 rings (SSSR count). The Balaban J connectivity index is 1.49. The molecule has 0 aliphatic carbocycles. The molecular weight excluding hydrogens is 638 g/mol. The molecule has 3 aromatic carbocycles. The van der Waals surface area contributed by atoms with E-state index in [1.807, 2.05) is 91.0 Å². The summed E-state index contributed by atoms with van der Waals surface area (Å²) in [4.78, 5) is 32.1. The molecule has 49 heavy (non-hydrogen) atoms. The lowest BCUT2D eigenvalue weighted by Gasteiger charge is -2.43. The summed E-state index contributed by atoms with van der Waals surface area (Å²) in [6.07, 6.45) is 5.17. The Morgan fingerprint density at radius 2 is 1.55 bits per heavy atom. The molecule has 1 N–H and O–H groups in total. The number of halogens is 1. The second kappa shape index (κ2) is 13.0. The van der Waals surface area contributed by atoms with E-state index in [4.69, 9.17) is 25.4 Å². The van der Waals surface area contributed by atoms with Crippen molar-refractivity contribution in [2.75, 3.05) is 18.8 Å². The quantitative estimate of drug-likeness (QED) is 0.0727. The van der Waals surface area contributed by atoms with Crippen LogP contribution in [-0.2, 0) is 19.5 Å². The van der Waals surface area contributed by atoms with Gasteiger partial charge in [0.2, 0.25) is 11.6 Å². The van der Waals surface area contributed by atoms with E-state index in [0.717, 1.165) is 16.7 Å². The maximum absolute atomic E-state index is 16.6. The first-order valence-corrected chi connectivity index (χ1v) is 19.2. The third-order valence-electron chi connectivity index (χ3n) is 9.84. The van der Waals surface area contributed by atoms with Gasteiger partial charge in [0, 0.05) is 6.42 Å². The van der Waals surface area contributed by atoms with Crippen molar-refractivity contribution in [3.05, 3.63) is 124 Å². The van der Waals surface area contributed by atoms with Gasteiger partial charge in [-0.25, -0.2) is 14.4 Å². The summed E-state index contributed by atoms with van der Waals surface area (Å²) in [5.41, 5.74) is -1.22. The highest BCUT2D eigenvalue weighted by atomic mass is 28.4. The highest BCUT2D eigenvalue weighted by molar-refractivity contribution is 6.74. The first-order valence-electron chi connectivity index (χ1n) is 16.3. The number of rotatable bonds is 10. The van der Waals surface area contributed by atoms with Crippen LogP contribution in [0.2, 0.25) is 18.1 Å². The van der Waals surface area contributed by atoms with E-state index in [0.29, 0.717) is 0 Å². The number of aromatic amines is 1. The lowest BCUT2D eigenvalue weighted by molar-refractivity contribution is -0.0456. The molecule has 0 spiro atoms. The number of benzene rings is 3. The predicted molar refractivity (Wildman–Crippen MR) is 191 cm³/mol. The van der Waals surface area contributed by atoms with Crippen molar-refractivity contribution in [1.82, 2.24) is 19.5 Å². The summed E-state index contributed by atoms with van der Waals surface area (Å²) in [7, 11) is -0.628. The Morgan fingerprint density at radius 3 is 2.02 bits per heavy atom. The third-order valence-corrected chi connectivity index (χ3v) is 14.3. The zero-order valence-electron chi connectivity index (χ0n) is 28.7. The molecule has 0 saturated carbocycles. The molecule has 254 valence electrons. The number of aromatic nitrogens is 4. The van der Waals surface area contributed by atoms with Crippen LogP contribution >= 0.6 is 0 Å². The van der Waals surface area contributed by atoms with Crippen LogP contribution in [-0.4, -0.2) is 53.3 Å². The van der Waals surface area contributed by atoms with Gasteiger partial charge in [0.1, 0.15) is 5.54 Å². The lowest BCUT2D eigenvalue weighted by atomic mass is 9.76. The third kappa shape index (κ3) is 5.99. The minimum absolute atomic E-state index is 0.00785. The van der Waals surface area contributed by atoms with E-state index >= 15 is 4.39 Å². The molecule has 2 aromatic heterocycles. The van der Waals surface area contributed by atoms with Crippen molar-refractivity contribution >= 4 is 25.4 Å². The number of alkyl halides is 1. The number of fused-ring (bicyclic) bond motifs is 1. The van der Waals surface area contributed by atoms with Crippen molar-refractivity contribution < 1.29 is 18.4 Å². The number of hydrogen-bond donors (Lipinski definition) is 1. The van der Waals surface area contributed by atoms with Crippen LogP contribution in [0.3, 0.4) is 0 Å². The van der Waals surface area contributed by atoms with Crippen LogP contribution in [0.4, 0.5) is 10.3 Å². The Labute approximate surface area is 287 Å². The molecule has 9 nitrogen and oxygen atoms in total. The molecule has 3 heterocycles. The molecule has 1 fully saturated rings. The number of hydrogen-bond acceptors (Lipinski definition) is 7. The van der Waals surface area contributed by atoms with Crippen molar-refractivity contribution in [3.8, 4) is 12.3 Å². The highest BCUT2D eigenvalue weighted by Gasteiger charge is 2.51. The summed E-state index contributed by atoms with van der Waals surface area (Å²) >= 11 is 0. The van der Waals surface area contributed by atoms with Gasteiger partial charge < -0.3 is 9.16 Å². The number of anilines is 1. The summed E-state index contributed by atoms with van der Waals surface area (Å²) < 4.78 is 30.6. The molecular formula is C38H42FN5O4Si. The molecule has 0 unspecified atom stereocenters. The number of hydroxylamine groups is 1. The number of nitrogens with zero attached hydrogens (tertiary/aromatic N) is 4. The molecule has 0 amide bonds. The van der Waals surface area contributed by atoms with Gasteiger partial charge in [0.15, 0.2) is 25.7 Å². The number of ether oxygens (including phenoxy) is 1. The predicted octanol–water partition coefficient (Wildman–Crippen LogP) is 7.13. The van der Waals surface area contributed by atoms with Gasteiger partial charge in [-0.3, -0.25) is 19.2 Å². The first-order chi connectivity index (χ1) is 23.4. The minimum atomic E-state index is -2.21. The van der Waals surface area contributed by atoms with Crippen molar-refractivity contribution in [3.63, 3.8) is 0 Å². The van der Waals surface area contributed by atoms with Crippen LogP contribution in [0.25, 0.3) is 11.2 Å². The van der Waals surface area contributed by atoms with E-state index in [-0.39, 0.29) is 35.2 Å². The fourth-order valence-electron chi connectivity index (χ4n) is 6.26. The summed E-state index contributed by atoms with van der Waals surface area (Å²) in [5, 5.41) is 1.54. The number of terminal acetylenes is 1. The fraction of sp³-hybridized carbons (Fsp3) is 0.342. The van der Waals surface area contributed by atoms with Crippen LogP contribution in [0.1, 0.15) is 50.1 Å². The minimum Gasteiger partial charge on any atom is -0.414 e. The van der Waals surface area contributed by atoms with E-state index in [1.54, 1.807) is 5.06 Å². The average molecular weight is 680 g/mol. The molecule has 5 aromatic rings. The molecule has 0 radical (unpaired) electrons. The highest BCUT2D eigenvalue weighted by Crippen LogP contribution is 2.46. The zero-order chi connectivity index (χ0) is 35.0. The maximum atomic E-state index is 16.6. The monoisotopic (exact) mass is 679 g/mol. The van der Waals surface area contributed by atoms with Crippen molar-refractivity contribution in [1.29, 1.82) is 0 Å². The topological polar surface area (TPSA) is 94.5 Å². The van der Waals surface area contributed by atoms with Gasteiger partial charge in [0.05, 0.1) is 26.1 Å². The second-order valence-corrected chi connectivity index (χ2v) is 18.7. The second-order valence-electron chi connectivity index (χ2n) is 13.9. The van der Waals surface area contributed by atoms with Crippen LogP contribution in [0, 0.1) is 12.3 Å². The molecule has 1 saturated heterocycles. The lowest BCUT2D eigenvalue weighted by Crippen LogP contribution is -2.49. The van der Waals surface area contributed by atoms with Crippen LogP contribution < -0.4 is 10.6 Å². The maximum Gasteiger partial charge on any atom is 0.280 e. The normalized spacial score (nSPS) is 20.0. The first kappa shape index (κ1) is 34.3. The Kier molecular flexibility index (Phi) is 9.11. The van der Waals surface area contributed by atoms with E-state index in [9.17, 15) is 4.79 Å². The molecule has 1 aliphatic heterocycles. The number of H-pyrrole nitrogens is 1. The van der Waals surface area contributed by atoms with E-state index in [1.165, 1.54) is 18.0 Å². The Hall–Kier alpha value is -4.60. The van der Waals surface area contributed by atoms with Gasteiger partial charge in [0.25, 0.3) is 5.56 Å². The van der Waals surface area contributed by atoms with Crippen LogP contribution in [0.5, 0.6) is 0 Å². The summed E-state index contributed by atoms with van der Waals surface area (Å²) in [6, 6.07) is 29.5. The smallest absolute Gasteiger partial charge is 0.280 e. The van der Waals surface area contributed by atoms with Gasteiger partial charge in [-0.05, 0) is 34.8 Å². The standard InChI is InChI=1S/C38H42FN5O4Si/c1-8-37(39)24-30(25-47-49(6,7)36(2,3)4)48-34(37)43-26-40-31-32(43)41-35(42-33(31)45)44(46-5)38(27-18-12-9-13-19-27,28-20-14-10-15-21-28)29-22-16-11-17-23-29/h1,9-23,26,30,34H,24-25H2,2-7H3,(H,41,42,45)/t30-,34+,37-/m0/s1. The van der Waals surface area contributed by atoms with E-state index in [2.05, 4.69) is 49.8 Å². The average Bonchev–Trinajstić information content (AvgIpc) is 3.68. The molecule has 3 atom stereocenters. The van der Waals surface area contributed by atoms with Gasteiger partial charge >= 0.3 is 0 Å².